The number of carbonyl (C=O) groups is 2. The topological polar surface area (TPSA) is 81.4 Å². The van der Waals surface area contributed by atoms with Crippen molar-refractivity contribution >= 4 is 11.9 Å². The van der Waals surface area contributed by atoms with Crippen LogP contribution in [-0.4, -0.2) is 35.5 Å². The maximum absolute atomic E-state index is 11.8. The van der Waals surface area contributed by atoms with Crippen LogP contribution in [0.2, 0.25) is 0 Å². The van der Waals surface area contributed by atoms with Gasteiger partial charge >= 0.3 is 5.97 Å². The average molecular weight is 232 g/mol. The van der Waals surface area contributed by atoms with E-state index in [1.807, 2.05) is 6.07 Å². The van der Waals surface area contributed by atoms with Gasteiger partial charge in [0.05, 0.1) is 18.1 Å². The van der Waals surface area contributed by atoms with Gasteiger partial charge in [0.1, 0.15) is 0 Å². The molecule has 0 aliphatic carbocycles. The minimum atomic E-state index is -1.03. The zero-order valence-electron chi connectivity index (χ0n) is 9.38. The molecular weight excluding hydrogens is 220 g/mol. The molecule has 0 aliphatic heterocycles. The molecule has 0 bridgehead atoms. The first-order valence-electron chi connectivity index (χ1n) is 5.02. The summed E-state index contributed by atoms with van der Waals surface area (Å²) in [6.45, 7) is 0.357. The molecule has 0 atom stereocenters. The minimum absolute atomic E-state index is 0.140. The maximum Gasteiger partial charge on any atom is 0.335 e. The summed E-state index contributed by atoms with van der Waals surface area (Å²) in [6, 6.07) is 7.66. The number of carbonyl (C=O) groups excluding carboxylic acids is 1. The van der Waals surface area contributed by atoms with Crippen molar-refractivity contribution in [3.05, 3.63) is 35.4 Å². The van der Waals surface area contributed by atoms with Crippen LogP contribution in [0.4, 0.5) is 0 Å². The Morgan fingerprint density at radius 2 is 1.82 bits per heavy atom. The molecule has 1 N–H and O–H groups in total. The highest BCUT2D eigenvalue weighted by Gasteiger charge is 2.11. The van der Waals surface area contributed by atoms with Gasteiger partial charge in [-0.3, -0.25) is 4.79 Å². The molecule has 1 aromatic rings. The Morgan fingerprint density at radius 1 is 1.29 bits per heavy atom. The highest BCUT2D eigenvalue weighted by molar-refractivity contribution is 5.95. The van der Waals surface area contributed by atoms with Gasteiger partial charge in [-0.25, -0.2) is 4.79 Å². The van der Waals surface area contributed by atoms with Crippen molar-refractivity contribution in [3.63, 3.8) is 0 Å². The Morgan fingerprint density at radius 3 is 2.29 bits per heavy atom. The Bertz CT molecular complexity index is 460. The van der Waals surface area contributed by atoms with E-state index in [0.29, 0.717) is 12.1 Å². The van der Waals surface area contributed by atoms with Crippen LogP contribution >= 0.6 is 0 Å². The number of hydrogen-bond acceptors (Lipinski definition) is 3. The van der Waals surface area contributed by atoms with Gasteiger partial charge < -0.3 is 10.0 Å². The van der Waals surface area contributed by atoms with Gasteiger partial charge in [0, 0.05) is 19.2 Å². The molecular formula is C12H12N2O3. The number of nitrogens with zero attached hydrogens (tertiary/aromatic N) is 2. The van der Waals surface area contributed by atoms with Crippen molar-refractivity contribution in [3.8, 4) is 6.07 Å². The zero-order valence-corrected chi connectivity index (χ0v) is 9.38. The fourth-order valence-electron chi connectivity index (χ4n) is 1.30. The van der Waals surface area contributed by atoms with Crippen LogP contribution in [0.3, 0.4) is 0 Å². The monoisotopic (exact) mass is 232 g/mol. The summed E-state index contributed by atoms with van der Waals surface area (Å²) in [4.78, 5) is 23.9. The number of carboxylic acid groups (broad SMARTS) is 1. The first-order chi connectivity index (χ1) is 8.06. The number of aromatic carboxylic acids is 1. The number of hydrogen-bond donors (Lipinski definition) is 1. The molecule has 0 saturated heterocycles. The Labute approximate surface area is 98.9 Å². The van der Waals surface area contributed by atoms with E-state index in [0.717, 1.165) is 0 Å². The quantitative estimate of drug-likeness (QED) is 0.850. The third kappa shape index (κ3) is 3.31. The molecule has 5 heteroatoms. The Kier molecular flexibility index (Phi) is 4.23. The van der Waals surface area contributed by atoms with E-state index in [2.05, 4.69) is 0 Å². The van der Waals surface area contributed by atoms with Gasteiger partial charge in [-0.2, -0.15) is 5.26 Å². The number of benzene rings is 1. The summed E-state index contributed by atoms with van der Waals surface area (Å²) in [5.41, 5.74) is 0.552. The van der Waals surface area contributed by atoms with Gasteiger partial charge in [0.15, 0.2) is 0 Å². The molecule has 1 aromatic carbocycles. The highest BCUT2D eigenvalue weighted by atomic mass is 16.4. The van der Waals surface area contributed by atoms with Gasteiger partial charge in [-0.15, -0.1) is 0 Å². The van der Waals surface area contributed by atoms with Crippen LogP contribution < -0.4 is 0 Å². The lowest BCUT2D eigenvalue weighted by Crippen LogP contribution is -2.27. The lowest BCUT2D eigenvalue weighted by molar-refractivity contribution is 0.0695. The molecule has 0 unspecified atom stereocenters. The number of amides is 1. The zero-order chi connectivity index (χ0) is 12.8. The highest BCUT2D eigenvalue weighted by Crippen LogP contribution is 2.07. The minimum Gasteiger partial charge on any atom is -0.478 e. The van der Waals surface area contributed by atoms with Crippen LogP contribution in [0.15, 0.2) is 24.3 Å². The van der Waals surface area contributed by atoms with Gasteiger partial charge in [-0.1, -0.05) is 0 Å². The van der Waals surface area contributed by atoms with Crippen molar-refractivity contribution < 1.29 is 14.7 Å². The van der Waals surface area contributed by atoms with E-state index in [-0.39, 0.29) is 17.9 Å². The van der Waals surface area contributed by atoms with Gasteiger partial charge in [0.25, 0.3) is 5.91 Å². The molecule has 0 aromatic heterocycles. The van der Waals surface area contributed by atoms with Crippen molar-refractivity contribution in [2.24, 2.45) is 0 Å². The fraction of sp³-hybridized carbons (Fsp3) is 0.250. The molecule has 5 nitrogen and oxygen atoms in total. The van der Waals surface area contributed by atoms with Crippen LogP contribution in [-0.2, 0) is 0 Å². The SMILES string of the molecule is CN(CCC#N)C(=O)c1ccc(C(=O)O)cc1. The van der Waals surface area contributed by atoms with Crippen molar-refractivity contribution in [1.82, 2.24) is 4.90 Å². The van der Waals surface area contributed by atoms with Crippen molar-refractivity contribution in [2.75, 3.05) is 13.6 Å². The lowest BCUT2D eigenvalue weighted by Gasteiger charge is -2.15. The fourth-order valence-corrected chi connectivity index (χ4v) is 1.30. The first kappa shape index (κ1) is 12.7. The van der Waals surface area contributed by atoms with Crippen molar-refractivity contribution in [1.29, 1.82) is 5.26 Å². The molecule has 0 spiro atoms. The van der Waals surface area contributed by atoms with E-state index >= 15 is 0 Å². The van der Waals surface area contributed by atoms with Crippen LogP contribution in [0, 0.1) is 11.3 Å². The van der Waals surface area contributed by atoms with Crippen LogP contribution in [0.25, 0.3) is 0 Å². The molecule has 88 valence electrons. The van der Waals surface area contributed by atoms with Crippen LogP contribution in [0.1, 0.15) is 27.1 Å². The Balaban J connectivity index is 2.76. The summed E-state index contributed by atoms with van der Waals surface area (Å²) in [6.07, 6.45) is 0.273. The summed E-state index contributed by atoms with van der Waals surface area (Å²) in [7, 11) is 1.60. The number of nitriles is 1. The molecule has 1 rings (SSSR count). The van der Waals surface area contributed by atoms with E-state index in [1.54, 1.807) is 7.05 Å². The number of rotatable bonds is 4. The van der Waals surface area contributed by atoms with E-state index in [4.69, 9.17) is 10.4 Å². The molecule has 0 fully saturated rings. The molecule has 0 aliphatic rings. The van der Waals surface area contributed by atoms with Crippen LogP contribution in [0.5, 0.6) is 0 Å². The van der Waals surface area contributed by atoms with E-state index in [9.17, 15) is 9.59 Å². The smallest absolute Gasteiger partial charge is 0.335 e. The maximum atomic E-state index is 11.8. The third-order valence-electron chi connectivity index (χ3n) is 2.28. The third-order valence-corrected chi connectivity index (χ3v) is 2.28. The van der Waals surface area contributed by atoms with E-state index in [1.165, 1.54) is 29.2 Å². The van der Waals surface area contributed by atoms with Crippen molar-refractivity contribution in [2.45, 2.75) is 6.42 Å². The second kappa shape index (κ2) is 5.66. The molecule has 17 heavy (non-hydrogen) atoms. The van der Waals surface area contributed by atoms with Gasteiger partial charge in [-0.05, 0) is 24.3 Å². The second-order valence-corrected chi connectivity index (χ2v) is 3.52. The predicted molar refractivity (Wildman–Crippen MR) is 60.6 cm³/mol. The van der Waals surface area contributed by atoms with E-state index < -0.39 is 5.97 Å². The number of carboxylic acids is 1. The summed E-state index contributed by atoms with van der Waals surface area (Å²) in [5, 5.41) is 17.1. The standard InChI is InChI=1S/C12H12N2O3/c1-14(8-2-7-13)11(15)9-3-5-10(6-4-9)12(16)17/h3-6H,2,8H2,1H3,(H,16,17). The van der Waals surface area contributed by atoms with Gasteiger partial charge in [0.2, 0.25) is 0 Å². The molecule has 1 amide bonds. The summed E-state index contributed by atoms with van der Waals surface area (Å²) >= 11 is 0. The normalized spacial score (nSPS) is 9.41. The summed E-state index contributed by atoms with van der Waals surface area (Å²) in [5.74, 6) is -1.25. The second-order valence-electron chi connectivity index (χ2n) is 3.52. The largest absolute Gasteiger partial charge is 0.478 e. The Hall–Kier alpha value is -2.35. The molecule has 0 radical (unpaired) electrons. The summed E-state index contributed by atoms with van der Waals surface area (Å²) < 4.78 is 0. The lowest BCUT2D eigenvalue weighted by atomic mass is 10.1. The molecule has 0 heterocycles. The first-order valence-corrected chi connectivity index (χ1v) is 5.02. The average Bonchev–Trinajstić information content (AvgIpc) is 2.35. The molecule has 0 saturated carbocycles. The predicted octanol–water partition coefficient (Wildman–Crippen LogP) is 1.37.